The maximum absolute atomic E-state index is 10.5. The Morgan fingerprint density at radius 2 is 1.59 bits per heavy atom. The summed E-state index contributed by atoms with van der Waals surface area (Å²) in [6.07, 6.45) is -16.7. The van der Waals surface area contributed by atoms with Gasteiger partial charge in [0.1, 0.15) is 36.6 Å². The van der Waals surface area contributed by atoms with Gasteiger partial charge >= 0.3 is 0 Å². The van der Waals surface area contributed by atoms with Crippen LogP contribution in [0.3, 0.4) is 0 Å². The molecule has 12 unspecified atom stereocenters. The third-order valence-electron chi connectivity index (χ3n) is 5.67. The Morgan fingerprint density at radius 1 is 0.919 bits per heavy atom. The summed E-state index contributed by atoms with van der Waals surface area (Å²) in [4.78, 5) is 4.63. The molecule has 0 amide bonds. The summed E-state index contributed by atoms with van der Waals surface area (Å²) in [5, 5.41) is 78.9. The lowest BCUT2D eigenvalue weighted by molar-refractivity contribution is -0.401. The van der Waals surface area contributed by atoms with Crippen molar-refractivity contribution in [3.63, 3.8) is 0 Å². The van der Waals surface area contributed by atoms with E-state index in [9.17, 15) is 35.7 Å². The number of aliphatic hydroxyl groups excluding tert-OH is 8. The fraction of sp³-hybridized carbons (Fsp3) is 1.00. The van der Waals surface area contributed by atoms with Crippen molar-refractivity contribution in [2.45, 2.75) is 94.1 Å². The number of methoxy groups -OCH3 is 1. The average Bonchev–Trinajstić information content (AvgIpc) is 2.88. The largest absolute Gasteiger partial charge is 0.394 e. The van der Waals surface area contributed by atoms with E-state index in [2.05, 4.69) is 4.84 Å². The van der Waals surface area contributed by atoms with Gasteiger partial charge in [-0.2, -0.15) is 0 Å². The first-order valence-corrected chi connectivity index (χ1v) is 11.9. The molecular formula is C21H43NO15. The van der Waals surface area contributed by atoms with E-state index in [1.54, 1.807) is 6.92 Å². The van der Waals surface area contributed by atoms with Crippen LogP contribution in [0, 0.1) is 0 Å². The Hall–Kier alpha value is -0.640. The van der Waals surface area contributed by atoms with Gasteiger partial charge in [-0.15, -0.1) is 0 Å². The first-order chi connectivity index (χ1) is 17.5. The molecule has 1 rings (SSSR count). The van der Waals surface area contributed by atoms with Crippen molar-refractivity contribution >= 4 is 0 Å². The Morgan fingerprint density at radius 3 is 2.14 bits per heavy atom. The molecule has 0 aromatic carbocycles. The number of hydrogen-bond acceptors (Lipinski definition) is 16. The second kappa shape index (κ2) is 17.9. The molecule has 1 fully saturated rings. The van der Waals surface area contributed by atoms with Crippen molar-refractivity contribution in [2.75, 3.05) is 40.1 Å². The van der Waals surface area contributed by atoms with E-state index in [4.69, 9.17) is 39.4 Å². The molecule has 0 aliphatic carbocycles. The predicted molar refractivity (Wildman–Crippen MR) is 121 cm³/mol. The van der Waals surface area contributed by atoms with Crippen molar-refractivity contribution in [2.24, 2.45) is 5.90 Å². The zero-order valence-corrected chi connectivity index (χ0v) is 21.2. The average molecular weight is 550 g/mol. The Labute approximate surface area is 214 Å². The number of nitrogens with two attached hydrogens (primary N) is 1. The highest BCUT2D eigenvalue weighted by atomic mass is 16.8. The van der Waals surface area contributed by atoms with E-state index in [-0.39, 0.29) is 26.2 Å². The summed E-state index contributed by atoms with van der Waals surface area (Å²) in [6.45, 7) is 1.72. The minimum Gasteiger partial charge on any atom is -0.394 e. The maximum Gasteiger partial charge on any atom is 0.230 e. The highest BCUT2D eigenvalue weighted by Gasteiger charge is 2.42. The van der Waals surface area contributed by atoms with Crippen LogP contribution in [0.2, 0.25) is 0 Å². The van der Waals surface area contributed by atoms with Crippen molar-refractivity contribution in [1.82, 2.24) is 0 Å². The summed E-state index contributed by atoms with van der Waals surface area (Å²) in [7, 11) is 1.30. The molecule has 0 radical (unpaired) electrons. The standard InChI is InChI=1S/C21H43NO15/c1-4-32-7-14(17(28)18(29)16(27)10(2)24)33-9-15-19(30)36-21(37-22)20(35-15)34-8-13(31-3)12(26)5-11(25)6-23/h10-21,23-30H,4-9,22H2,1-3H3. The molecular weight excluding hydrogens is 506 g/mol. The maximum atomic E-state index is 10.5. The normalized spacial score (nSPS) is 29.2. The van der Waals surface area contributed by atoms with Gasteiger partial charge in [0, 0.05) is 20.1 Å². The Bertz CT molecular complexity index is 590. The molecule has 37 heavy (non-hydrogen) atoms. The molecule has 222 valence electrons. The molecule has 16 nitrogen and oxygen atoms in total. The van der Waals surface area contributed by atoms with E-state index in [0.717, 1.165) is 0 Å². The van der Waals surface area contributed by atoms with Crippen LogP contribution in [0.15, 0.2) is 0 Å². The molecule has 0 spiro atoms. The molecule has 1 heterocycles. The Balaban J connectivity index is 2.81. The minimum atomic E-state index is -1.77. The molecule has 16 heteroatoms. The van der Waals surface area contributed by atoms with Gasteiger partial charge in [-0.3, -0.25) is 4.84 Å². The van der Waals surface area contributed by atoms with Gasteiger partial charge < -0.3 is 69.3 Å². The molecule has 0 saturated carbocycles. The molecule has 1 saturated heterocycles. The highest BCUT2D eigenvalue weighted by molar-refractivity contribution is 4.85. The first-order valence-electron chi connectivity index (χ1n) is 11.9. The Kier molecular flexibility index (Phi) is 16.6. The summed E-state index contributed by atoms with van der Waals surface area (Å²) < 4.78 is 32.4. The van der Waals surface area contributed by atoms with Gasteiger partial charge in [-0.05, 0) is 13.8 Å². The molecule has 0 aromatic rings. The van der Waals surface area contributed by atoms with Crippen molar-refractivity contribution in [3.05, 3.63) is 0 Å². The van der Waals surface area contributed by atoms with Crippen LogP contribution >= 0.6 is 0 Å². The van der Waals surface area contributed by atoms with Crippen LogP contribution < -0.4 is 5.90 Å². The number of hydrogen-bond donors (Lipinski definition) is 9. The fourth-order valence-electron chi connectivity index (χ4n) is 3.36. The van der Waals surface area contributed by atoms with Crippen LogP contribution in [0.4, 0.5) is 0 Å². The lowest BCUT2D eigenvalue weighted by atomic mass is 10.00. The highest BCUT2D eigenvalue weighted by Crippen LogP contribution is 2.23. The first kappa shape index (κ1) is 34.4. The zero-order chi connectivity index (χ0) is 28.1. The molecule has 1 aliphatic rings. The van der Waals surface area contributed by atoms with Crippen molar-refractivity contribution < 1.29 is 74.1 Å². The third kappa shape index (κ3) is 11.2. The SMILES string of the molecule is CCOCC(OCC1OC(OCC(OC)C(O)CC(O)CO)C(ON)OC1O)C(O)C(O)C(O)C(C)O. The van der Waals surface area contributed by atoms with Crippen LogP contribution in [-0.4, -0.2) is 155 Å². The smallest absolute Gasteiger partial charge is 0.230 e. The van der Waals surface area contributed by atoms with Gasteiger partial charge in [0.05, 0.1) is 44.7 Å². The number of ether oxygens (including phenoxy) is 6. The van der Waals surface area contributed by atoms with Crippen LogP contribution in [0.5, 0.6) is 0 Å². The van der Waals surface area contributed by atoms with E-state index in [1.165, 1.54) is 14.0 Å². The van der Waals surface area contributed by atoms with Crippen LogP contribution in [-0.2, 0) is 33.3 Å². The predicted octanol–water partition coefficient (Wildman–Crippen LogP) is -4.72. The topological polar surface area (TPSA) is 252 Å². The minimum absolute atomic E-state index is 0.189. The summed E-state index contributed by atoms with van der Waals surface area (Å²) in [6, 6.07) is 0. The second-order valence-corrected chi connectivity index (χ2v) is 8.56. The lowest BCUT2D eigenvalue weighted by Gasteiger charge is -2.39. The van der Waals surface area contributed by atoms with Crippen LogP contribution in [0.1, 0.15) is 20.3 Å². The third-order valence-corrected chi connectivity index (χ3v) is 5.67. The molecule has 0 aromatic heterocycles. The summed E-state index contributed by atoms with van der Waals surface area (Å²) in [5.74, 6) is 5.20. The monoisotopic (exact) mass is 549 g/mol. The fourth-order valence-corrected chi connectivity index (χ4v) is 3.36. The molecule has 0 bridgehead atoms. The van der Waals surface area contributed by atoms with Crippen molar-refractivity contribution in [1.29, 1.82) is 0 Å². The quantitative estimate of drug-likeness (QED) is 0.0686. The van der Waals surface area contributed by atoms with Gasteiger partial charge in [-0.25, -0.2) is 5.90 Å². The van der Waals surface area contributed by atoms with E-state index < -0.39 is 87.0 Å². The van der Waals surface area contributed by atoms with Gasteiger partial charge in [0.25, 0.3) is 0 Å². The molecule has 1 aliphatic heterocycles. The summed E-state index contributed by atoms with van der Waals surface area (Å²) in [5.41, 5.74) is 0. The number of rotatable bonds is 19. The summed E-state index contributed by atoms with van der Waals surface area (Å²) >= 11 is 0. The van der Waals surface area contributed by atoms with Crippen LogP contribution in [0.25, 0.3) is 0 Å². The lowest BCUT2D eigenvalue weighted by Crippen LogP contribution is -2.55. The van der Waals surface area contributed by atoms with E-state index in [0.29, 0.717) is 0 Å². The van der Waals surface area contributed by atoms with Crippen molar-refractivity contribution in [3.8, 4) is 0 Å². The molecule has 12 atom stereocenters. The van der Waals surface area contributed by atoms with E-state index in [1.807, 2.05) is 0 Å². The van der Waals surface area contributed by atoms with Gasteiger partial charge in [0.2, 0.25) is 12.6 Å². The zero-order valence-electron chi connectivity index (χ0n) is 21.2. The second-order valence-electron chi connectivity index (χ2n) is 8.56. The van der Waals surface area contributed by atoms with E-state index >= 15 is 0 Å². The van der Waals surface area contributed by atoms with Gasteiger partial charge in [0.15, 0.2) is 6.29 Å². The molecule has 10 N–H and O–H groups in total. The number of aliphatic hydroxyl groups is 8. The van der Waals surface area contributed by atoms with Gasteiger partial charge in [-0.1, -0.05) is 0 Å².